The van der Waals surface area contributed by atoms with Crippen LogP contribution < -0.4 is 9.47 Å². The first-order valence-corrected chi connectivity index (χ1v) is 9.77. The number of esters is 1. The van der Waals surface area contributed by atoms with Crippen molar-refractivity contribution >= 4 is 11.9 Å². The standard InChI is InChI=1S/C21H29NO5/c1-4-20(23)22-12-16(17(13-22)21(24)26-3)14-9-10-18(25-2)19(11-14)27-15-7-5-6-8-15/h9-11,15-17H,4-8,12-13H2,1-3H3/t16-,17+/m1/s1. The van der Waals surface area contributed by atoms with E-state index in [1.165, 1.54) is 20.0 Å². The molecule has 0 aromatic heterocycles. The van der Waals surface area contributed by atoms with Crippen molar-refractivity contribution < 1.29 is 23.8 Å². The minimum Gasteiger partial charge on any atom is -0.493 e. The van der Waals surface area contributed by atoms with Crippen molar-refractivity contribution in [1.29, 1.82) is 0 Å². The van der Waals surface area contributed by atoms with Crippen LogP contribution in [0.25, 0.3) is 0 Å². The lowest BCUT2D eigenvalue weighted by Crippen LogP contribution is -2.29. The zero-order valence-corrected chi connectivity index (χ0v) is 16.4. The summed E-state index contributed by atoms with van der Waals surface area (Å²) >= 11 is 0. The first-order valence-electron chi connectivity index (χ1n) is 9.77. The molecule has 0 N–H and O–H groups in total. The molecular formula is C21H29NO5. The molecule has 2 fully saturated rings. The van der Waals surface area contributed by atoms with Crippen molar-refractivity contribution in [2.24, 2.45) is 5.92 Å². The summed E-state index contributed by atoms with van der Waals surface area (Å²) in [5.41, 5.74) is 0.977. The number of benzene rings is 1. The zero-order chi connectivity index (χ0) is 19.4. The molecule has 3 rings (SSSR count). The van der Waals surface area contributed by atoms with Gasteiger partial charge in [-0.2, -0.15) is 0 Å². The predicted octanol–water partition coefficient (Wildman–Crippen LogP) is 3.14. The second-order valence-corrected chi connectivity index (χ2v) is 7.32. The highest BCUT2D eigenvalue weighted by molar-refractivity contribution is 5.80. The molecule has 1 heterocycles. The molecule has 1 aliphatic carbocycles. The SMILES string of the molecule is CCC(=O)N1C[C@H](C(=O)OC)[C@@H](c2ccc(OC)c(OC3CCCC3)c2)C1. The Bertz CT molecular complexity index is 683. The summed E-state index contributed by atoms with van der Waals surface area (Å²) in [6.45, 7) is 2.75. The van der Waals surface area contributed by atoms with E-state index < -0.39 is 0 Å². The van der Waals surface area contributed by atoms with E-state index in [0.29, 0.717) is 31.0 Å². The molecule has 0 unspecified atom stereocenters. The number of amides is 1. The summed E-state index contributed by atoms with van der Waals surface area (Å²) < 4.78 is 16.7. The minimum absolute atomic E-state index is 0.0577. The third-order valence-corrected chi connectivity index (χ3v) is 5.69. The Kier molecular flexibility index (Phi) is 6.24. The minimum atomic E-state index is -0.363. The van der Waals surface area contributed by atoms with E-state index in [-0.39, 0.29) is 29.8 Å². The predicted molar refractivity (Wildman–Crippen MR) is 101 cm³/mol. The maximum atomic E-state index is 12.3. The number of methoxy groups -OCH3 is 2. The van der Waals surface area contributed by atoms with Gasteiger partial charge in [-0.05, 0) is 43.4 Å². The Balaban J connectivity index is 1.87. The van der Waals surface area contributed by atoms with E-state index in [1.807, 2.05) is 25.1 Å². The van der Waals surface area contributed by atoms with Crippen molar-refractivity contribution in [1.82, 2.24) is 4.90 Å². The van der Waals surface area contributed by atoms with Crippen LogP contribution in [0.1, 0.15) is 50.5 Å². The maximum absolute atomic E-state index is 12.3. The van der Waals surface area contributed by atoms with Crippen LogP contribution in [0.3, 0.4) is 0 Å². The lowest BCUT2D eigenvalue weighted by atomic mass is 9.89. The molecule has 148 valence electrons. The molecular weight excluding hydrogens is 346 g/mol. The third kappa shape index (κ3) is 4.20. The van der Waals surface area contributed by atoms with E-state index in [4.69, 9.17) is 14.2 Å². The van der Waals surface area contributed by atoms with Crippen molar-refractivity contribution in [3.05, 3.63) is 23.8 Å². The van der Waals surface area contributed by atoms with Crippen LogP contribution in [0.5, 0.6) is 11.5 Å². The summed E-state index contributed by atoms with van der Waals surface area (Å²) in [7, 11) is 3.03. The van der Waals surface area contributed by atoms with Gasteiger partial charge in [-0.1, -0.05) is 13.0 Å². The zero-order valence-electron chi connectivity index (χ0n) is 16.4. The Hall–Kier alpha value is -2.24. The van der Waals surface area contributed by atoms with Crippen molar-refractivity contribution in [3.63, 3.8) is 0 Å². The van der Waals surface area contributed by atoms with Crippen LogP contribution in [0.15, 0.2) is 18.2 Å². The molecule has 27 heavy (non-hydrogen) atoms. The second-order valence-electron chi connectivity index (χ2n) is 7.32. The number of ether oxygens (including phenoxy) is 3. The number of carbonyl (C=O) groups excluding carboxylic acids is 2. The van der Waals surface area contributed by atoms with Gasteiger partial charge in [-0.3, -0.25) is 9.59 Å². The van der Waals surface area contributed by atoms with E-state index in [1.54, 1.807) is 12.0 Å². The molecule has 1 saturated heterocycles. The van der Waals surface area contributed by atoms with Crippen LogP contribution in [0.4, 0.5) is 0 Å². The molecule has 0 radical (unpaired) electrons. The fourth-order valence-electron chi connectivity index (χ4n) is 4.16. The van der Waals surface area contributed by atoms with Gasteiger partial charge in [0.1, 0.15) is 0 Å². The van der Waals surface area contributed by atoms with E-state index in [2.05, 4.69) is 0 Å². The highest BCUT2D eigenvalue weighted by Crippen LogP contribution is 2.39. The summed E-state index contributed by atoms with van der Waals surface area (Å²) in [5, 5.41) is 0. The van der Waals surface area contributed by atoms with Gasteiger partial charge in [0.2, 0.25) is 5.91 Å². The summed E-state index contributed by atoms with van der Waals surface area (Å²) in [4.78, 5) is 26.3. The van der Waals surface area contributed by atoms with E-state index >= 15 is 0 Å². The van der Waals surface area contributed by atoms with Crippen LogP contribution in [-0.4, -0.2) is 50.2 Å². The lowest BCUT2D eigenvalue weighted by Gasteiger charge is -2.20. The quantitative estimate of drug-likeness (QED) is 0.715. The monoisotopic (exact) mass is 375 g/mol. The number of likely N-dealkylation sites (tertiary alicyclic amines) is 1. The Morgan fingerprint density at radius 2 is 1.85 bits per heavy atom. The normalized spacial score (nSPS) is 22.7. The van der Waals surface area contributed by atoms with Gasteiger partial charge in [0.05, 0.1) is 26.2 Å². The maximum Gasteiger partial charge on any atom is 0.311 e. The molecule has 0 spiro atoms. The summed E-state index contributed by atoms with van der Waals surface area (Å²) in [5.74, 6) is 0.719. The van der Waals surface area contributed by atoms with Gasteiger partial charge in [-0.15, -0.1) is 0 Å². The van der Waals surface area contributed by atoms with Crippen LogP contribution in [-0.2, 0) is 14.3 Å². The highest BCUT2D eigenvalue weighted by atomic mass is 16.5. The summed E-state index contributed by atoms with van der Waals surface area (Å²) in [6.07, 6.45) is 5.13. The lowest BCUT2D eigenvalue weighted by molar-refractivity contribution is -0.145. The molecule has 1 saturated carbocycles. The topological polar surface area (TPSA) is 65.1 Å². The van der Waals surface area contributed by atoms with Gasteiger partial charge in [0, 0.05) is 25.4 Å². The molecule has 1 aromatic rings. The molecule has 0 bridgehead atoms. The largest absolute Gasteiger partial charge is 0.493 e. The molecule has 2 atom stereocenters. The first-order chi connectivity index (χ1) is 13.1. The average Bonchev–Trinajstić information content (AvgIpc) is 3.36. The number of rotatable bonds is 6. The number of nitrogens with zero attached hydrogens (tertiary/aromatic N) is 1. The number of hydrogen-bond donors (Lipinski definition) is 0. The highest BCUT2D eigenvalue weighted by Gasteiger charge is 2.41. The third-order valence-electron chi connectivity index (χ3n) is 5.69. The smallest absolute Gasteiger partial charge is 0.311 e. The molecule has 1 aliphatic heterocycles. The molecule has 6 heteroatoms. The van der Waals surface area contributed by atoms with Gasteiger partial charge < -0.3 is 19.1 Å². The number of hydrogen-bond acceptors (Lipinski definition) is 5. The first kappa shape index (κ1) is 19.5. The van der Waals surface area contributed by atoms with Gasteiger partial charge >= 0.3 is 5.97 Å². The molecule has 2 aliphatic rings. The van der Waals surface area contributed by atoms with Gasteiger partial charge in [0.15, 0.2) is 11.5 Å². The van der Waals surface area contributed by atoms with Crippen molar-refractivity contribution in [2.45, 2.75) is 51.0 Å². The molecule has 1 amide bonds. The van der Waals surface area contributed by atoms with Gasteiger partial charge in [-0.25, -0.2) is 0 Å². The fraction of sp³-hybridized carbons (Fsp3) is 0.619. The Morgan fingerprint density at radius 1 is 1.11 bits per heavy atom. The van der Waals surface area contributed by atoms with Crippen LogP contribution in [0.2, 0.25) is 0 Å². The van der Waals surface area contributed by atoms with E-state index in [9.17, 15) is 9.59 Å². The van der Waals surface area contributed by atoms with Crippen molar-refractivity contribution in [3.8, 4) is 11.5 Å². The van der Waals surface area contributed by atoms with Crippen LogP contribution >= 0.6 is 0 Å². The number of carbonyl (C=O) groups is 2. The van der Waals surface area contributed by atoms with Crippen LogP contribution in [0, 0.1) is 5.92 Å². The fourth-order valence-corrected chi connectivity index (χ4v) is 4.16. The van der Waals surface area contributed by atoms with E-state index in [0.717, 1.165) is 18.4 Å². The summed E-state index contributed by atoms with van der Waals surface area (Å²) in [6, 6.07) is 5.82. The average molecular weight is 375 g/mol. The van der Waals surface area contributed by atoms with Crippen molar-refractivity contribution in [2.75, 3.05) is 27.3 Å². The molecule has 1 aromatic carbocycles. The molecule has 6 nitrogen and oxygen atoms in total. The Morgan fingerprint density at radius 3 is 2.48 bits per heavy atom. The second kappa shape index (κ2) is 8.63. The van der Waals surface area contributed by atoms with Gasteiger partial charge in [0.25, 0.3) is 0 Å². The Labute approximate surface area is 160 Å².